The zero-order chi connectivity index (χ0) is 12.1. The Morgan fingerprint density at radius 2 is 2.06 bits per heavy atom. The lowest BCUT2D eigenvalue weighted by Crippen LogP contribution is -2.11. The molecule has 88 valence electrons. The molecule has 1 unspecified atom stereocenters. The maximum absolute atomic E-state index is 12.0. The molecule has 1 aromatic rings. The normalized spacial score (nSPS) is 12.5. The van der Waals surface area contributed by atoms with Crippen molar-refractivity contribution in [2.75, 3.05) is 13.7 Å². The van der Waals surface area contributed by atoms with Crippen LogP contribution in [0.3, 0.4) is 0 Å². The molecular weight excluding hydrogens is 200 g/mol. The molecule has 16 heavy (non-hydrogen) atoms. The Hall–Kier alpha value is -1.15. The predicted octanol–water partition coefficient (Wildman–Crippen LogP) is 3.16. The van der Waals surface area contributed by atoms with Gasteiger partial charge in [-0.25, -0.2) is 0 Å². The van der Waals surface area contributed by atoms with E-state index in [4.69, 9.17) is 4.74 Å². The fourth-order valence-electron chi connectivity index (χ4n) is 1.90. The number of rotatable bonds is 5. The fraction of sp³-hybridized carbons (Fsp3) is 0.500. The topological polar surface area (TPSA) is 26.3 Å². The number of benzene rings is 1. The number of carbonyl (C=O) groups excluding carboxylic acids is 1. The number of carbonyl (C=O) groups is 1. The van der Waals surface area contributed by atoms with Crippen molar-refractivity contribution in [3.63, 3.8) is 0 Å². The SMILES string of the molecule is COCC(C)CC(=O)c1ccc(C)cc1C. The lowest BCUT2D eigenvalue weighted by atomic mass is 9.96. The average Bonchev–Trinajstić information content (AvgIpc) is 2.17. The molecule has 1 rings (SSSR count). The lowest BCUT2D eigenvalue weighted by Gasteiger charge is -2.10. The van der Waals surface area contributed by atoms with Crippen LogP contribution in [0, 0.1) is 19.8 Å². The van der Waals surface area contributed by atoms with Crippen molar-refractivity contribution < 1.29 is 9.53 Å². The first-order valence-electron chi connectivity index (χ1n) is 5.64. The van der Waals surface area contributed by atoms with Crippen LogP contribution in [0.1, 0.15) is 34.8 Å². The van der Waals surface area contributed by atoms with Crippen molar-refractivity contribution in [1.82, 2.24) is 0 Å². The maximum atomic E-state index is 12.0. The van der Waals surface area contributed by atoms with E-state index in [0.717, 1.165) is 11.1 Å². The Balaban J connectivity index is 2.73. The van der Waals surface area contributed by atoms with Crippen LogP contribution in [0.15, 0.2) is 18.2 Å². The van der Waals surface area contributed by atoms with Gasteiger partial charge >= 0.3 is 0 Å². The molecule has 0 aliphatic rings. The largest absolute Gasteiger partial charge is 0.384 e. The van der Waals surface area contributed by atoms with Gasteiger partial charge in [-0.15, -0.1) is 0 Å². The Bertz CT molecular complexity index is 369. The molecule has 2 nitrogen and oxygen atoms in total. The maximum Gasteiger partial charge on any atom is 0.163 e. The fourth-order valence-corrected chi connectivity index (χ4v) is 1.90. The molecule has 1 atom stereocenters. The van der Waals surface area contributed by atoms with Crippen LogP contribution < -0.4 is 0 Å². The van der Waals surface area contributed by atoms with E-state index in [2.05, 4.69) is 0 Å². The summed E-state index contributed by atoms with van der Waals surface area (Å²) in [4.78, 5) is 12.0. The first-order valence-corrected chi connectivity index (χ1v) is 5.64. The van der Waals surface area contributed by atoms with Gasteiger partial charge in [0, 0.05) is 25.7 Å². The highest BCUT2D eigenvalue weighted by molar-refractivity contribution is 5.97. The van der Waals surface area contributed by atoms with Gasteiger partial charge < -0.3 is 4.74 Å². The molecule has 0 heterocycles. The molecule has 0 spiro atoms. The van der Waals surface area contributed by atoms with Crippen LogP contribution in [0.5, 0.6) is 0 Å². The van der Waals surface area contributed by atoms with E-state index in [1.165, 1.54) is 5.56 Å². The molecule has 0 fully saturated rings. The molecule has 0 aliphatic heterocycles. The van der Waals surface area contributed by atoms with Crippen molar-refractivity contribution in [2.45, 2.75) is 27.2 Å². The zero-order valence-electron chi connectivity index (χ0n) is 10.5. The molecule has 0 saturated heterocycles. The Morgan fingerprint density at radius 1 is 1.38 bits per heavy atom. The van der Waals surface area contributed by atoms with Crippen molar-refractivity contribution in [2.24, 2.45) is 5.92 Å². The molecule has 0 radical (unpaired) electrons. The molecule has 2 heteroatoms. The molecule has 0 aliphatic carbocycles. The van der Waals surface area contributed by atoms with Gasteiger partial charge in [0.15, 0.2) is 5.78 Å². The summed E-state index contributed by atoms with van der Waals surface area (Å²) in [7, 11) is 1.66. The summed E-state index contributed by atoms with van der Waals surface area (Å²) in [5.41, 5.74) is 3.10. The average molecular weight is 220 g/mol. The molecular formula is C14H20O2. The second-order valence-corrected chi connectivity index (χ2v) is 4.51. The van der Waals surface area contributed by atoms with Crippen molar-refractivity contribution >= 4 is 5.78 Å². The van der Waals surface area contributed by atoms with Crippen LogP contribution in [0.2, 0.25) is 0 Å². The van der Waals surface area contributed by atoms with Crippen molar-refractivity contribution in [3.05, 3.63) is 34.9 Å². The minimum Gasteiger partial charge on any atom is -0.384 e. The number of Topliss-reactive ketones (excluding diaryl/α,β-unsaturated/α-hetero) is 1. The van der Waals surface area contributed by atoms with Crippen LogP contribution >= 0.6 is 0 Å². The first kappa shape index (κ1) is 12.9. The van der Waals surface area contributed by atoms with Crippen molar-refractivity contribution in [3.8, 4) is 0 Å². The third-order valence-electron chi connectivity index (χ3n) is 2.67. The van der Waals surface area contributed by atoms with Gasteiger partial charge in [0.25, 0.3) is 0 Å². The van der Waals surface area contributed by atoms with E-state index in [9.17, 15) is 4.79 Å². The summed E-state index contributed by atoms with van der Waals surface area (Å²) in [6.45, 7) is 6.69. The molecule has 0 saturated carbocycles. The summed E-state index contributed by atoms with van der Waals surface area (Å²) in [6, 6.07) is 5.96. The van der Waals surface area contributed by atoms with Gasteiger partial charge in [0.05, 0.1) is 0 Å². The Morgan fingerprint density at radius 3 is 2.62 bits per heavy atom. The molecule has 1 aromatic carbocycles. The van der Waals surface area contributed by atoms with Crippen molar-refractivity contribution in [1.29, 1.82) is 0 Å². The summed E-state index contributed by atoms with van der Waals surface area (Å²) < 4.78 is 5.04. The van der Waals surface area contributed by atoms with Gasteiger partial charge in [-0.3, -0.25) is 4.79 Å². The van der Waals surface area contributed by atoms with E-state index in [-0.39, 0.29) is 11.7 Å². The minimum atomic E-state index is 0.210. The predicted molar refractivity (Wildman–Crippen MR) is 65.9 cm³/mol. The van der Waals surface area contributed by atoms with Crippen LogP contribution in [-0.4, -0.2) is 19.5 Å². The van der Waals surface area contributed by atoms with E-state index in [1.54, 1.807) is 7.11 Å². The summed E-state index contributed by atoms with van der Waals surface area (Å²) >= 11 is 0. The standard InChI is InChI=1S/C14H20O2/c1-10-5-6-13(12(3)7-10)14(15)8-11(2)9-16-4/h5-7,11H,8-9H2,1-4H3. The van der Waals surface area contributed by atoms with Gasteiger partial charge in [0.2, 0.25) is 0 Å². The number of aryl methyl sites for hydroxylation is 2. The molecule has 0 N–H and O–H groups in total. The minimum absolute atomic E-state index is 0.210. The number of hydrogen-bond acceptors (Lipinski definition) is 2. The molecule has 0 amide bonds. The first-order chi connectivity index (χ1) is 7.54. The van der Waals surface area contributed by atoms with E-state index in [1.807, 2.05) is 39.0 Å². The van der Waals surface area contributed by atoms with Crippen LogP contribution in [0.25, 0.3) is 0 Å². The number of methoxy groups -OCH3 is 1. The second-order valence-electron chi connectivity index (χ2n) is 4.51. The summed E-state index contributed by atoms with van der Waals surface area (Å²) in [5, 5.41) is 0. The number of ketones is 1. The van der Waals surface area contributed by atoms with Gasteiger partial charge in [-0.05, 0) is 25.3 Å². The smallest absolute Gasteiger partial charge is 0.163 e. The second kappa shape index (κ2) is 5.80. The Kier molecular flexibility index (Phi) is 4.69. The summed E-state index contributed by atoms with van der Waals surface area (Å²) in [5.74, 6) is 0.486. The van der Waals surface area contributed by atoms with E-state index >= 15 is 0 Å². The highest BCUT2D eigenvalue weighted by Crippen LogP contribution is 2.15. The van der Waals surface area contributed by atoms with Crippen LogP contribution in [-0.2, 0) is 4.74 Å². The third-order valence-corrected chi connectivity index (χ3v) is 2.67. The highest BCUT2D eigenvalue weighted by Gasteiger charge is 2.13. The highest BCUT2D eigenvalue weighted by atomic mass is 16.5. The lowest BCUT2D eigenvalue weighted by molar-refractivity contribution is 0.0919. The number of ether oxygens (including phenoxy) is 1. The van der Waals surface area contributed by atoms with Gasteiger partial charge in [0.1, 0.15) is 0 Å². The molecule has 0 aromatic heterocycles. The molecule has 0 bridgehead atoms. The third kappa shape index (κ3) is 3.46. The van der Waals surface area contributed by atoms with Crippen LogP contribution in [0.4, 0.5) is 0 Å². The zero-order valence-corrected chi connectivity index (χ0v) is 10.5. The Labute approximate surface area is 97.6 Å². The van der Waals surface area contributed by atoms with Gasteiger partial charge in [-0.1, -0.05) is 30.7 Å². The van der Waals surface area contributed by atoms with E-state index in [0.29, 0.717) is 13.0 Å². The number of hydrogen-bond donors (Lipinski definition) is 0. The monoisotopic (exact) mass is 220 g/mol. The summed E-state index contributed by atoms with van der Waals surface area (Å²) in [6.07, 6.45) is 0.553. The quantitative estimate of drug-likeness (QED) is 0.712. The van der Waals surface area contributed by atoms with E-state index < -0.39 is 0 Å². The van der Waals surface area contributed by atoms with Gasteiger partial charge in [-0.2, -0.15) is 0 Å².